The second-order valence-corrected chi connectivity index (χ2v) is 8.13. The Balaban J connectivity index is 1.58. The predicted octanol–water partition coefficient (Wildman–Crippen LogP) is 7.15. The van der Waals surface area contributed by atoms with Gasteiger partial charge in [-0.25, -0.2) is 0 Å². The number of rotatable bonds is 4. The molecule has 0 saturated heterocycles. The number of hydrogen-bond donors (Lipinski definition) is 0. The molecule has 1 saturated carbocycles. The van der Waals surface area contributed by atoms with Crippen LogP contribution in [0.15, 0.2) is 53.5 Å². The molecule has 1 nitrogen and oxygen atoms in total. The Morgan fingerprint density at radius 2 is 1.57 bits per heavy atom. The number of nitrogens with zero attached hydrogens (tertiary/aromatic N) is 1. The molecule has 0 unspecified atom stereocenters. The highest BCUT2D eigenvalue weighted by Gasteiger charge is 2.21. The van der Waals surface area contributed by atoms with Gasteiger partial charge in [-0.05, 0) is 72.9 Å². The maximum atomic E-state index is 4.64. The summed E-state index contributed by atoms with van der Waals surface area (Å²) in [4.78, 5) is 9.60. The summed E-state index contributed by atoms with van der Waals surface area (Å²) in [6.45, 7) is 0. The molecule has 4 heteroatoms. The van der Waals surface area contributed by atoms with Crippen molar-refractivity contribution >= 4 is 45.7 Å². The second-order valence-electron chi connectivity index (χ2n) is 5.74. The average Bonchev–Trinajstić information content (AvgIpc) is 3.16. The summed E-state index contributed by atoms with van der Waals surface area (Å²) in [5.74, 6) is 0.822. The summed E-state index contributed by atoms with van der Waals surface area (Å²) in [7, 11) is 0. The lowest BCUT2D eigenvalue weighted by atomic mass is 9.84. The van der Waals surface area contributed by atoms with E-state index in [1.165, 1.54) is 39.5 Å². The van der Waals surface area contributed by atoms with Crippen LogP contribution in [0.3, 0.4) is 0 Å². The Morgan fingerprint density at radius 3 is 2.26 bits per heavy atom. The van der Waals surface area contributed by atoms with E-state index >= 15 is 0 Å². The van der Waals surface area contributed by atoms with Crippen LogP contribution < -0.4 is 0 Å². The van der Waals surface area contributed by atoms with Gasteiger partial charge < -0.3 is 0 Å². The van der Waals surface area contributed by atoms with Gasteiger partial charge in [0.15, 0.2) is 0 Å². The Bertz CT molecular complexity index is 862. The lowest BCUT2D eigenvalue weighted by Crippen LogP contribution is -2.06. The Kier molecular flexibility index (Phi) is 4.23. The largest absolute Gasteiger partial charge is 0.195 e. The number of benzene rings is 1. The van der Waals surface area contributed by atoms with Crippen LogP contribution in [-0.4, -0.2) is 5.16 Å². The van der Waals surface area contributed by atoms with Crippen molar-refractivity contribution in [1.29, 1.82) is 0 Å². The maximum absolute atomic E-state index is 4.64. The molecule has 114 valence electrons. The topological polar surface area (TPSA) is 12.4 Å². The zero-order valence-corrected chi connectivity index (χ0v) is 14.9. The number of hydrogen-bond acceptors (Lipinski definition) is 4. The molecule has 0 radical (unpaired) electrons. The quantitative estimate of drug-likeness (QED) is 0.358. The van der Waals surface area contributed by atoms with Crippen LogP contribution in [0.1, 0.15) is 30.1 Å². The third-order valence-corrected chi connectivity index (χ3v) is 6.98. The van der Waals surface area contributed by atoms with E-state index in [1.807, 2.05) is 34.8 Å². The first-order valence-corrected chi connectivity index (χ1v) is 9.76. The molecule has 4 rings (SSSR count). The fourth-order valence-corrected chi connectivity index (χ4v) is 5.16. The number of isothiocyanates is 1. The molecule has 1 aliphatic carbocycles. The van der Waals surface area contributed by atoms with Crippen molar-refractivity contribution in [2.24, 2.45) is 4.99 Å². The fraction of sp³-hybridized carbons (Fsp3) is 0.211. The van der Waals surface area contributed by atoms with E-state index in [0.29, 0.717) is 0 Å². The van der Waals surface area contributed by atoms with Crippen LogP contribution in [0.2, 0.25) is 0 Å². The van der Waals surface area contributed by atoms with E-state index in [-0.39, 0.29) is 0 Å². The van der Waals surface area contributed by atoms with E-state index < -0.39 is 0 Å². The molecule has 1 aliphatic rings. The Hall–Kier alpha value is -1.58. The van der Waals surface area contributed by atoms with Crippen molar-refractivity contribution in [3.63, 3.8) is 0 Å². The van der Waals surface area contributed by atoms with Crippen molar-refractivity contribution in [2.45, 2.75) is 25.2 Å². The molecule has 0 N–H and O–H groups in total. The zero-order valence-electron chi connectivity index (χ0n) is 12.5. The van der Waals surface area contributed by atoms with Crippen LogP contribution in [-0.2, 0) is 0 Å². The number of thiocarbonyl (C=S) groups is 1. The number of thiophene rings is 2. The first-order chi connectivity index (χ1) is 11.3. The van der Waals surface area contributed by atoms with E-state index in [0.717, 1.165) is 11.6 Å². The molecule has 1 fully saturated rings. The van der Waals surface area contributed by atoms with Crippen LogP contribution in [0.25, 0.3) is 20.2 Å². The zero-order chi connectivity index (χ0) is 15.6. The standard InChI is InChI=1S/C19H15NS3/c21-12-20-15-6-4-14(5-7-15)17-9-11-19(23-17)18-10-8-16(22-18)13-2-1-3-13/h4-11,13H,1-3H2. The van der Waals surface area contributed by atoms with E-state index in [1.54, 1.807) is 4.88 Å². The summed E-state index contributed by atoms with van der Waals surface area (Å²) in [6.07, 6.45) is 4.13. The second kappa shape index (κ2) is 6.50. The average molecular weight is 354 g/mol. The smallest absolute Gasteiger partial charge is 0.0739 e. The molecule has 0 amide bonds. The van der Waals surface area contributed by atoms with Gasteiger partial charge in [0.1, 0.15) is 0 Å². The van der Waals surface area contributed by atoms with Gasteiger partial charge in [0, 0.05) is 19.5 Å². The normalized spacial score (nSPS) is 14.3. The summed E-state index contributed by atoms with van der Waals surface area (Å²) in [5.41, 5.74) is 2.07. The van der Waals surface area contributed by atoms with Crippen molar-refractivity contribution in [3.05, 3.63) is 53.4 Å². The summed E-state index contributed by atoms with van der Waals surface area (Å²) < 4.78 is 0. The maximum Gasteiger partial charge on any atom is 0.0739 e. The van der Waals surface area contributed by atoms with Gasteiger partial charge in [0.05, 0.1) is 10.8 Å². The first kappa shape index (κ1) is 15.0. The molecule has 0 spiro atoms. The molecule has 0 atom stereocenters. The molecular formula is C19H15NS3. The molecule has 2 heterocycles. The van der Waals surface area contributed by atoms with Crippen molar-refractivity contribution in [2.75, 3.05) is 0 Å². The Morgan fingerprint density at radius 1 is 0.870 bits per heavy atom. The third-order valence-electron chi connectivity index (χ3n) is 4.31. The minimum atomic E-state index is 0.822. The van der Waals surface area contributed by atoms with Crippen molar-refractivity contribution in [3.8, 4) is 20.2 Å². The Labute approximate surface area is 149 Å². The summed E-state index contributed by atoms with van der Waals surface area (Å²) in [6, 6.07) is 17.2. The minimum Gasteiger partial charge on any atom is -0.195 e. The van der Waals surface area contributed by atoms with Gasteiger partial charge in [0.25, 0.3) is 0 Å². The lowest BCUT2D eigenvalue weighted by molar-refractivity contribution is 0.426. The van der Waals surface area contributed by atoms with Gasteiger partial charge in [-0.15, -0.1) is 22.7 Å². The number of aliphatic imine (C=N–C) groups is 1. The summed E-state index contributed by atoms with van der Waals surface area (Å²) in [5, 5.41) is 2.40. The SMILES string of the molecule is S=C=Nc1ccc(-c2ccc(-c3ccc(C4CCC4)s3)s2)cc1. The third kappa shape index (κ3) is 3.08. The minimum absolute atomic E-state index is 0.822. The first-order valence-electron chi connectivity index (χ1n) is 7.72. The molecule has 0 aliphatic heterocycles. The monoisotopic (exact) mass is 353 g/mol. The fourth-order valence-electron chi connectivity index (χ4n) is 2.78. The van der Waals surface area contributed by atoms with Gasteiger partial charge in [0.2, 0.25) is 0 Å². The highest BCUT2D eigenvalue weighted by Crippen LogP contribution is 2.44. The van der Waals surface area contributed by atoms with E-state index in [4.69, 9.17) is 0 Å². The van der Waals surface area contributed by atoms with Gasteiger partial charge in [-0.3, -0.25) is 0 Å². The predicted molar refractivity (Wildman–Crippen MR) is 104 cm³/mol. The van der Waals surface area contributed by atoms with Crippen LogP contribution >= 0.6 is 34.9 Å². The molecule has 2 aromatic heterocycles. The molecule has 1 aromatic carbocycles. The van der Waals surface area contributed by atoms with Gasteiger partial charge in [-0.2, -0.15) is 4.99 Å². The molecule has 3 aromatic rings. The van der Waals surface area contributed by atoms with Crippen molar-refractivity contribution in [1.82, 2.24) is 0 Å². The molecule has 23 heavy (non-hydrogen) atoms. The lowest BCUT2D eigenvalue weighted by Gasteiger charge is -2.23. The highest BCUT2D eigenvalue weighted by molar-refractivity contribution is 7.78. The van der Waals surface area contributed by atoms with Gasteiger partial charge in [-0.1, -0.05) is 18.6 Å². The van der Waals surface area contributed by atoms with E-state index in [2.05, 4.69) is 58.8 Å². The van der Waals surface area contributed by atoms with Gasteiger partial charge >= 0.3 is 0 Å². The highest BCUT2D eigenvalue weighted by atomic mass is 32.1. The van der Waals surface area contributed by atoms with Crippen LogP contribution in [0.5, 0.6) is 0 Å². The molecular weight excluding hydrogens is 338 g/mol. The van der Waals surface area contributed by atoms with Crippen LogP contribution in [0.4, 0.5) is 5.69 Å². The molecule has 0 bridgehead atoms. The summed E-state index contributed by atoms with van der Waals surface area (Å²) >= 11 is 8.45. The van der Waals surface area contributed by atoms with Crippen LogP contribution in [0, 0.1) is 0 Å². The van der Waals surface area contributed by atoms with E-state index in [9.17, 15) is 0 Å². The van der Waals surface area contributed by atoms with Crippen molar-refractivity contribution < 1.29 is 0 Å².